The molecule has 3 aromatic heterocycles. The highest BCUT2D eigenvalue weighted by molar-refractivity contribution is 7.12. The van der Waals surface area contributed by atoms with E-state index in [4.69, 9.17) is 0 Å². The fraction of sp³-hybridized carbons (Fsp3) is 0.409. The maximum atomic E-state index is 12.5. The van der Waals surface area contributed by atoms with Crippen LogP contribution >= 0.6 is 11.3 Å². The topological polar surface area (TPSA) is 92.8 Å². The van der Waals surface area contributed by atoms with Gasteiger partial charge in [-0.25, -0.2) is 0 Å². The van der Waals surface area contributed by atoms with Gasteiger partial charge < -0.3 is 0 Å². The fourth-order valence-electron chi connectivity index (χ4n) is 4.06. The summed E-state index contributed by atoms with van der Waals surface area (Å²) in [5, 5.41) is 19.8. The Morgan fingerprint density at radius 3 is 2.90 bits per heavy atom. The largest absolute Gasteiger partial charge is 0.286 e. The van der Waals surface area contributed by atoms with Crippen LogP contribution in [0.4, 0.5) is 5.69 Å². The molecule has 1 fully saturated rings. The molecule has 1 aliphatic carbocycles. The minimum absolute atomic E-state index is 0.0422. The van der Waals surface area contributed by atoms with E-state index in [1.165, 1.54) is 50.0 Å². The van der Waals surface area contributed by atoms with Gasteiger partial charge in [-0.3, -0.25) is 20.0 Å². The average molecular weight is 426 g/mol. The molecular formula is C22H25N4O3S+. The Hall–Kier alpha value is -2.87. The van der Waals surface area contributed by atoms with Crippen molar-refractivity contribution >= 4 is 22.8 Å². The number of aromatic nitrogens is 3. The van der Waals surface area contributed by atoms with E-state index in [0.717, 1.165) is 40.6 Å². The number of carbonyl (C=O) groups excluding carboxylic acids is 1. The molecule has 1 N–H and O–H groups in total. The van der Waals surface area contributed by atoms with Crippen LogP contribution in [-0.4, -0.2) is 20.9 Å². The summed E-state index contributed by atoms with van der Waals surface area (Å²) in [6.45, 7) is 0.129. The molecule has 0 atom stereocenters. The van der Waals surface area contributed by atoms with Crippen molar-refractivity contribution in [1.29, 1.82) is 0 Å². The highest BCUT2D eigenvalue weighted by Gasteiger charge is 2.19. The summed E-state index contributed by atoms with van der Waals surface area (Å²) >= 11 is 1.10. The van der Waals surface area contributed by atoms with E-state index in [-0.39, 0.29) is 18.0 Å². The summed E-state index contributed by atoms with van der Waals surface area (Å²) in [5.41, 5.74) is 2.90. The van der Waals surface area contributed by atoms with Gasteiger partial charge in [0.05, 0.1) is 26.4 Å². The summed E-state index contributed by atoms with van der Waals surface area (Å²) in [6.07, 6.45) is 12.7. The standard InChI is InChI=1S/C22H25N4O3S/c27-21(22-12-19(15-30-22)26(28)29)14-25-10-4-7-17(13-25)20-11-18(23-24-20)9-8-16-5-2-1-3-6-16/h4,7,10-13,15-16H,1-3,5-6,8-9,14H2,(H,23,24)/q+1. The molecule has 0 aliphatic heterocycles. The second-order valence-electron chi connectivity index (χ2n) is 7.94. The van der Waals surface area contributed by atoms with Crippen molar-refractivity contribution in [2.75, 3.05) is 0 Å². The molecule has 4 rings (SSSR count). The summed E-state index contributed by atoms with van der Waals surface area (Å²) in [6, 6.07) is 7.28. The Labute approximate surface area is 178 Å². The molecule has 3 aromatic rings. The number of Topliss-reactive ketones (excluding diaryl/α,β-unsaturated/α-hetero) is 1. The van der Waals surface area contributed by atoms with Crippen molar-refractivity contribution in [3.05, 3.63) is 62.7 Å². The van der Waals surface area contributed by atoms with Crippen LogP contribution in [0.25, 0.3) is 11.3 Å². The van der Waals surface area contributed by atoms with Crippen molar-refractivity contribution in [3.63, 3.8) is 0 Å². The quantitative estimate of drug-likeness (QED) is 0.244. The Morgan fingerprint density at radius 1 is 1.30 bits per heavy atom. The molecule has 0 unspecified atom stereocenters. The van der Waals surface area contributed by atoms with Crippen LogP contribution < -0.4 is 4.57 Å². The van der Waals surface area contributed by atoms with Gasteiger partial charge in [0, 0.05) is 17.8 Å². The Morgan fingerprint density at radius 2 is 2.13 bits per heavy atom. The number of rotatable bonds is 8. The molecule has 8 heteroatoms. The summed E-state index contributed by atoms with van der Waals surface area (Å²) in [4.78, 5) is 23.2. The normalized spacial score (nSPS) is 14.7. The monoisotopic (exact) mass is 425 g/mol. The number of pyridine rings is 1. The second-order valence-corrected chi connectivity index (χ2v) is 8.85. The predicted octanol–water partition coefficient (Wildman–Crippen LogP) is 4.73. The van der Waals surface area contributed by atoms with Gasteiger partial charge in [0.1, 0.15) is 0 Å². The number of carbonyl (C=O) groups is 1. The van der Waals surface area contributed by atoms with Crippen molar-refractivity contribution in [2.45, 2.75) is 51.5 Å². The van der Waals surface area contributed by atoms with Gasteiger partial charge in [0.25, 0.3) is 5.69 Å². The van der Waals surface area contributed by atoms with E-state index in [1.54, 1.807) is 4.57 Å². The summed E-state index contributed by atoms with van der Waals surface area (Å²) in [5.74, 6) is 0.689. The first-order valence-corrected chi connectivity index (χ1v) is 11.3. The highest BCUT2D eigenvalue weighted by atomic mass is 32.1. The van der Waals surface area contributed by atoms with Gasteiger partial charge in [-0.05, 0) is 30.9 Å². The van der Waals surface area contributed by atoms with Crippen LogP contribution in [0.5, 0.6) is 0 Å². The van der Waals surface area contributed by atoms with Crippen LogP contribution in [0.1, 0.15) is 53.9 Å². The molecule has 0 aromatic carbocycles. The number of nitrogens with zero attached hydrogens (tertiary/aromatic N) is 3. The van der Waals surface area contributed by atoms with Crippen LogP contribution in [0.2, 0.25) is 0 Å². The smallest absolute Gasteiger partial charge is 0.280 e. The first-order valence-electron chi connectivity index (χ1n) is 10.4. The number of H-pyrrole nitrogens is 1. The third kappa shape index (κ3) is 4.99. The molecule has 0 bridgehead atoms. The van der Waals surface area contributed by atoms with Crippen molar-refractivity contribution in [1.82, 2.24) is 10.2 Å². The van der Waals surface area contributed by atoms with Crippen LogP contribution in [-0.2, 0) is 13.0 Å². The molecule has 156 valence electrons. The van der Waals surface area contributed by atoms with E-state index in [2.05, 4.69) is 16.3 Å². The Kier molecular flexibility index (Phi) is 6.32. The lowest BCUT2D eigenvalue weighted by molar-refractivity contribution is -0.682. The van der Waals surface area contributed by atoms with E-state index < -0.39 is 4.92 Å². The Bertz CT molecular complexity index is 1040. The van der Waals surface area contributed by atoms with Gasteiger partial charge in [-0.1, -0.05) is 32.1 Å². The lowest BCUT2D eigenvalue weighted by Crippen LogP contribution is -2.37. The number of aryl methyl sites for hydroxylation is 1. The zero-order valence-electron chi connectivity index (χ0n) is 16.8. The number of hydrogen-bond donors (Lipinski definition) is 1. The number of nitro groups is 1. The highest BCUT2D eigenvalue weighted by Crippen LogP contribution is 2.28. The van der Waals surface area contributed by atoms with Gasteiger partial charge in [0.2, 0.25) is 12.3 Å². The minimum Gasteiger partial charge on any atom is -0.286 e. The van der Waals surface area contributed by atoms with Crippen LogP contribution in [0, 0.1) is 16.0 Å². The number of aromatic amines is 1. The molecule has 1 aliphatic rings. The first kappa shape index (κ1) is 20.4. The molecule has 0 amide bonds. The second kappa shape index (κ2) is 9.30. The van der Waals surface area contributed by atoms with E-state index in [1.807, 2.05) is 24.5 Å². The van der Waals surface area contributed by atoms with Gasteiger partial charge in [-0.2, -0.15) is 9.67 Å². The zero-order chi connectivity index (χ0) is 20.9. The molecule has 30 heavy (non-hydrogen) atoms. The summed E-state index contributed by atoms with van der Waals surface area (Å²) < 4.78 is 1.79. The van der Waals surface area contributed by atoms with Gasteiger partial charge in [0.15, 0.2) is 12.4 Å². The van der Waals surface area contributed by atoms with Gasteiger partial charge >= 0.3 is 0 Å². The average Bonchev–Trinajstić information content (AvgIpc) is 3.43. The zero-order valence-corrected chi connectivity index (χ0v) is 17.6. The first-order chi connectivity index (χ1) is 14.6. The number of ketones is 1. The molecule has 0 saturated heterocycles. The Balaban J connectivity index is 1.39. The molecule has 3 heterocycles. The van der Waals surface area contributed by atoms with Crippen LogP contribution in [0.15, 0.2) is 42.0 Å². The predicted molar refractivity (Wildman–Crippen MR) is 114 cm³/mol. The van der Waals surface area contributed by atoms with E-state index >= 15 is 0 Å². The SMILES string of the molecule is O=C(C[n+]1cccc(-c2cc(CCC3CCCCC3)[nH]n2)c1)c1cc([N+](=O)[O-])cs1. The van der Waals surface area contributed by atoms with Crippen molar-refractivity contribution < 1.29 is 14.3 Å². The maximum absolute atomic E-state index is 12.5. The van der Waals surface area contributed by atoms with Crippen LogP contribution in [0.3, 0.4) is 0 Å². The van der Waals surface area contributed by atoms with Gasteiger partial charge in [-0.15, -0.1) is 11.3 Å². The number of thiophene rings is 1. The minimum atomic E-state index is -0.482. The van der Waals surface area contributed by atoms with E-state index in [0.29, 0.717) is 4.88 Å². The number of hydrogen-bond acceptors (Lipinski definition) is 5. The molecule has 0 radical (unpaired) electrons. The molecule has 0 spiro atoms. The summed E-state index contributed by atoms with van der Waals surface area (Å²) in [7, 11) is 0. The molecule has 7 nitrogen and oxygen atoms in total. The van der Waals surface area contributed by atoms with Crippen molar-refractivity contribution in [3.8, 4) is 11.3 Å². The van der Waals surface area contributed by atoms with E-state index in [9.17, 15) is 14.9 Å². The van der Waals surface area contributed by atoms with Crippen molar-refractivity contribution in [2.24, 2.45) is 5.92 Å². The third-order valence-electron chi connectivity index (χ3n) is 5.73. The fourth-order valence-corrected chi connectivity index (χ4v) is 4.84. The lowest BCUT2D eigenvalue weighted by Gasteiger charge is -2.20. The maximum Gasteiger partial charge on any atom is 0.280 e. The molecular weight excluding hydrogens is 400 g/mol. The number of nitrogens with one attached hydrogen (secondary N) is 1. The lowest BCUT2D eigenvalue weighted by atomic mass is 9.86. The third-order valence-corrected chi connectivity index (χ3v) is 6.69. The molecule has 1 saturated carbocycles.